The van der Waals surface area contributed by atoms with Crippen molar-refractivity contribution in [2.24, 2.45) is 0 Å². The first-order valence-electron chi connectivity index (χ1n) is 5.33. The van der Waals surface area contributed by atoms with E-state index in [9.17, 15) is 0 Å². The summed E-state index contributed by atoms with van der Waals surface area (Å²) in [5, 5.41) is 5.28. The fourth-order valence-corrected chi connectivity index (χ4v) is 3.25. The number of nitrogens with one attached hydrogen (secondary N) is 1. The van der Waals surface area contributed by atoms with Crippen molar-refractivity contribution in [1.29, 1.82) is 0 Å². The van der Waals surface area contributed by atoms with Crippen molar-refractivity contribution >= 4 is 27.7 Å². The van der Waals surface area contributed by atoms with Gasteiger partial charge in [-0.3, -0.25) is 0 Å². The first kappa shape index (κ1) is 11.5. The molecule has 0 amide bonds. The highest BCUT2D eigenvalue weighted by atomic mass is 79.9. The maximum absolute atomic E-state index is 3.54. The number of fused-ring (bicyclic) bond motifs is 1. The molecule has 1 nitrogen and oxygen atoms in total. The lowest BCUT2D eigenvalue weighted by atomic mass is 10.1. The van der Waals surface area contributed by atoms with Crippen molar-refractivity contribution in [3.05, 3.63) is 29.8 Å². The van der Waals surface area contributed by atoms with Crippen molar-refractivity contribution in [2.75, 3.05) is 11.9 Å². The maximum Gasteiger partial charge on any atom is 0.0260 e. The monoisotopic (exact) mass is 285 g/mol. The van der Waals surface area contributed by atoms with Gasteiger partial charge in [-0.15, -0.1) is 11.8 Å². The molecule has 1 aromatic carbocycles. The van der Waals surface area contributed by atoms with Crippen LogP contribution in [0.25, 0.3) is 0 Å². The molecular formula is C12H16BrNS. The molecule has 0 aromatic heterocycles. The third kappa shape index (κ3) is 2.99. The molecular weight excluding hydrogens is 270 g/mol. The van der Waals surface area contributed by atoms with Gasteiger partial charge < -0.3 is 5.32 Å². The second-order valence-electron chi connectivity index (χ2n) is 4.02. The molecule has 0 radical (unpaired) electrons. The molecule has 0 saturated heterocycles. The fraction of sp³-hybridized carbons (Fsp3) is 0.500. The molecule has 1 aliphatic rings. The number of alkyl halides is 1. The Morgan fingerprint density at radius 1 is 1.53 bits per heavy atom. The number of thioether (sulfide) groups is 1. The standard InChI is InChI=1S/C12H16BrNS/c1-9(7-13)14-8-11-6-10-4-2-3-5-12(10)15-11/h2-5,9,11,14H,6-8H2,1H3. The highest BCUT2D eigenvalue weighted by molar-refractivity contribution is 9.09. The lowest BCUT2D eigenvalue weighted by Crippen LogP contribution is -2.33. The highest BCUT2D eigenvalue weighted by Crippen LogP contribution is 2.36. The van der Waals surface area contributed by atoms with Crippen LogP contribution in [0.3, 0.4) is 0 Å². The van der Waals surface area contributed by atoms with E-state index >= 15 is 0 Å². The second kappa shape index (κ2) is 5.37. The average molecular weight is 286 g/mol. The van der Waals surface area contributed by atoms with Crippen molar-refractivity contribution in [1.82, 2.24) is 5.32 Å². The van der Waals surface area contributed by atoms with Gasteiger partial charge in [0.15, 0.2) is 0 Å². The quantitative estimate of drug-likeness (QED) is 0.854. The van der Waals surface area contributed by atoms with Gasteiger partial charge in [0.2, 0.25) is 0 Å². The summed E-state index contributed by atoms with van der Waals surface area (Å²) in [6.07, 6.45) is 1.21. The maximum atomic E-state index is 3.54. The Hall–Kier alpha value is 0.01000. The van der Waals surface area contributed by atoms with Crippen molar-refractivity contribution in [3.63, 3.8) is 0 Å². The Labute approximate surface area is 104 Å². The Morgan fingerprint density at radius 2 is 2.33 bits per heavy atom. The molecule has 1 N–H and O–H groups in total. The summed E-state index contributed by atoms with van der Waals surface area (Å²) in [7, 11) is 0. The summed E-state index contributed by atoms with van der Waals surface area (Å²) < 4.78 is 0. The summed E-state index contributed by atoms with van der Waals surface area (Å²) in [6, 6.07) is 9.30. The van der Waals surface area contributed by atoms with Gasteiger partial charge in [0, 0.05) is 28.1 Å². The molecule has 2 atom stereocenters. The summed E-state index contributed by atoms with van der Waals surface area (Å²) in [4.78, 5) is 1.47. The van der Waals surface area contributed by atoms with Gasteiger partial charge >= 0.3 is 0 Å². The summed E-state index contributed by atoms with van der Waals surface area (Å²) in [6.45, 7) is 3.31. The lowest BCUT2D eigenvalue weighted by Gasteiger charge is -2.14. The van der Waals surface area contributed by atoms with Gasteiger partial charge in [0.05, 0.1) is 0 Å². The van der Waals surface area contributed by atoms with E-state index in [1.807, 2.05) is 11.8 Å². The van der Waals surface area contributed by atoms with E-state index in [1.54, 1.807) is 0 Å². The van der Waals surface area contributed by atoms with Gasteiger partial charge in [-0.1, -0.05) is 34.1 Å². The van der Waals surface area contributed by atoms with Crippen LogP contribution in [-0.4, -0.2) is 23.2 Å². The molecule has 0 saturated carbocycles. The van der Waals surface area contributed by atoms with E-state index in [4.69, 9.17) is 0 Å². The first-order chi connectivity index (χ1) is 7.29. The molecule has 1 heterocycles. The van der Waals surface area contributed by atoms with Crippen LogP contribution in [0, 0.1) is 0 Å². The van der Waals surface area contributed by atoms with Gasteiger partial charge in [0.1, 0.15) is 0 Å². The predicted octanol–water partition coefficient (Wildman–Crippen LogP) is 3.08. The third-order valence-corrected chi connectivity index (χ3v) is 4.93. The van der Waals surface area contributed by atoms with Crippen molar-refractivity contribution < 1.29 is 0 Å². The topological polar surface area (TPSA) is 12.0 Å². The predicted molar refractivity (Wildman–Crippen MR) is 71.0 cm³/mol. The van der Waals surface area contributed by atoms with E-state index in [0.29, 0.717) is 11.3 Å². The highest BCUT2D eigenvalue weighted by Gasteiger charge is 2.21. The average Bonchev–Trinajstić information content (AvgIpc) is 2.68. The van der Waals surface area contributed by atoms with Gasteiger partial charge in [0.25, 0.3) is 0 Å². The molecule has 0 fully saturated rings. The molecule has 0 spiro atoms. The van der Waals surface area contributed by atoms with Crippen LogP contribution in [0.15, 0.2) is 29.2 Å². The van der Waals surface area contributed by atoms with Gasteiger partial charge in [-0.2, -0.15) is 0 Å². The lowest BCUT2D eigenvalue weighted by molar-refractivity contribution is 0.588. The molecule has 3 heteroatoms. The van der Waals surface area contributed by atoms with E-state index < -0.39 is 0 Å². The number of benzene rings is 1. The number of halogens is 1. The zero-order valence-corrected chi connectivity index (χ0v) is 11.3. The molecule has 2 rings (SSSR count). The molecule has 1 aromatic rings. The first-order valence-corrected chi connectivity index (χ1v) is 7.33. The second-order valence-corrected chi connectivity index (χ2v) is 6.00. The number of hydrogen-bond acceptors (Lipinski definition) is 2. The van der Waals surface area contributed by atoms with Crippen LogP contribution in [0.4, 0.5) is 0 Å². The SMILES string of the molecule is CC(CBr)NCC1Cc2ccccc2S1. The zero-order valence-electron chi connectivity index (χ0n) is 8.87. The summed E-state index contributed by atoms with van der Waals surface area (Å²) in [5.74, 6) is 0. The summed E-state index contributed by atoms with van der Waals surface area (Å²) in [5.41, 5.74) is 1.51. The molecule has 2 unspecified atom stereocenters. The molecule has 1 aliphatic heterocycles. The third-order valence-electron chi connectivity index (χ3n) is 2.64. The molecule has 15 heavy (non-hydrogen) atoms. The Kier molecular flexibility index (Phi) is 4.12. The number of rotatable bonds is 4. The Balaban J connectivity index is 1.85. The number of hydrogen-bond donors (Lipinski definition) is 1. The van der Waals surface area contributed by atoms with E-state index in [-0.39, 0.29) is 0 Å². The van der Waals surface area contributed by atoms with Crippen LogP contribution in [0.5, 0.6) is 0 Å². The van der Waals surface area contributed by atoms with Crippen molar-refractivity contribution in [2.45, 2.75) is 29.5 Å². The van der Waals surface area contributed by atoms with Gasteiger partial charge in [-0.05, 0) is 25.0 Å². The van der Waals surface area contributed by atoms with Crippen LogP contribution in [-0.2, 0) is 6.42 Å². The normalized spacial score (nSPS) is 21.3. The minimum atomic E-state index is 0.564. The van der Waals surface area contributed by atoms with E-state index in [2.05, 4.69) is 52.4 Å². The Bertz CT molecular complexity index is 304. The smallest absolute Gasteiger partial charge is 0.0260 e. The minimum Gasteiger partial charge on any atom is -0.312 e. The molecule has 0 aliphatic carbocycles. The van der Waals surface area contributed by atoms with Crippen molar-refractivity contribution in [3.8, 4) is 0 Å². The van der Waals surface area contributed by atoms with E-state index in [1.165, 1.54) is 16.9 Å². The Morgan fingerprint density at radius 3 is 3.07 bits per heavy atom. The molecule has 82 valence electrons. The van der Waals surface area contributed by atoms with Gasteiger partial charge in [-0.25, -0.2) is 0 Å². The van der Waals surface area contributed by atoms with Crippen LogP contribution in [0.1, 0.15) is 12.5 Å². The fourth-order valence-electron chi connectivity index (χ4n) is 1.75. The van der Waals surface area contributed by atoms with Crippen LogP contribution < -0.4 is 5.32 Å². The minimum absolute atomic E-state index is 0.564. The van der Waals surface area contributed by atoms with Crippen LogP contribution in [0.2, 0.25) is 0 Å². The molecule has 0 bridgehead atoms. The van der Waals surface area contributed by atoms with E-state index in [0.717, 1.165) is 11.9 Å². The largest absolute Gasteiger partial charge is 0.312 e. The van der Waals surface area contributed by atoms with Crippen LogP contribution >= 0.6 is 27.7 Å². The summed E-state index contributed by atoms with van der Waals surface area (Å²) >= 11 is 5.49. The zero-order chi connectivity index (χ0) is 10.7.